The molecule has 2 saturated carbocycles. The molecule has 196 valence electrons. The standard InChI is InChI=1S/C27H21F3N2O4S2/c1-36-14-7-5-11(6-8-14)17-18-15-10-16(21(18)37-23-22(17)38-26(35)31-23)20-19(15)24(33)32(25(20)34)13-4-2-3-12(9-13)27(28,29)30/h2-9,15-21H,10H2,1H3,(H,31,35)/t15-,16+,17-,18+,19+,20+,21+/m0/s1. The molecular weight excluding hydrogens is 537 g/mol. The number of nitrogens with one attached hydrogen (secondary N) is 1. The van der Waals surface area contributed by atoms with Crippen LogP contribution >= 0.6 is 23.1 Å². The first-order valence-electron chi connectivity index (χ1n) is 12.3. The van der Waals surface area contributed by atoms with Gasteiger partial charge in [-0.05, 0) is 60.1 Å². The number of anilines is 1. The number of carbonyl (C=O) groups is 2. The highest BCUT2D eigenvalue weighted by atomic mass is 32.2. The molecule has 1 aromatic heterocycles. The lowest BCUT2D eigenvalue weighted by Crippen LogP contribution is -2.42. The van der Waals surface area contributed by atoms with Crippen molar-refractivity contribution in [1.29, 1.82) is 0 Å². The van der Waals surface area contributed by atoms with Gasteiger partial charge in [0.2, 0.25) is 11.8 Å². The third kappa shape index (κ3) is 3.30. The van der Waals surface area contributed by atoms with Gasteiger partial charge in [0.15, 0.2) is 0 Å². The zero-order valence-electron chi connectivity index (χ0n) is 19.9. The van der Waals surface area contributed by atoms with E-state index in [1.54, 1.807) is 18.9 Å². The summed E-state index contributed by atoms with van der Waals surface area (Å²) in [5.41, 5.74) is 0.0791. The topological polar surface area (TPSA) is 79.5 Å². The second-order valence-corrected chi connectivity index (χ2v) is 12.5. The zero-order valence-corrected chi connectivity index (χ0v) is 21.5. The van der Waals surface area contributed by atoms with Crippen molar-refractivity contribution < 1.29 is 27.5 Å². The van der Waals surface area contributed by atoms with E-state index in [0.29, 0.717) is 12.2 Å². The molecule has 2 amide bonds. The molecule has 38 heavy (non-hydrogen) atoms. The van der Waals surface area contributed by atoms with E-state index in [0.717, 1.165) is 32.5 Å². The Labute approximate surface area is 223 Å². The number of imide groups is 1. The molecule has 1 N–H and O–H groups in total. The molecule has 0 spiro atoms. The number of carbonyl (C=O) groups excluding carboxylic acids is 2. The molecule has 7 atom stereocenters. The summed E-state index contributed by atoms with van der Waals surface area (Å²) in [7, 11) is 1.59. The van der Waals surface area contributed by atoms with Crippen LogP contribution in [0.5, 0.6) is 5.75 Å². The molecule has 7 rings (SSSR count). The maximum Gasteiger partial charge on any atom is 0.416 e. The summed E-state index contributed by atoms with van der Waals surface area (Å²) in [6, 6.07) is 12.1. The summed E-state index contributed by atoms with van der Waals surface area (Å²) in [5, 5.41) is 0.807. The Morgan fingerprint density at radius 2 is 1.71 bits per heavy atom. The number of fused-ring (bicyclic) bond motifs is 9. The first-order valence-corrected chi connectivity index (χ1v) is 14.0. The largest absolute Gasteiger partial charge is 0.497 e. The molecule has 3 heterocycles. The van der Waals surface area contributed by atoms with Crippen LogP contribution in [-0.4, -0.2) is 29.2 Å². The van der Waals surface area contributed by atoms with Crippen LogP contribution in [0.2, 0.25) is 0 Å². The van der Waals surface area contributed by atoms with Crippen molar-refractivity contribution in [1.82, 2.24) is 4.98 Å². The first kappa shape index (κ1) is 24.0. The Balaban J connectivity index is 1.29. The number of methoxy groups -OCH3 is 1. The molecule has 3 aromatic rings. The van der Waals surface area contributed by atoms with Crippen LogP contribution in [0.1, 0.15) is 28.3 Å². The van der Waals surface area contributed by atoms with Crippen molar-refractivity contribution >= 4 is 40.6 Å². The minimum absolute atomic E-state index is 0.00399. The SMILES string of the molecule is COc1ccc([C@@H]2c3sc(=O)[nH]c3S[C@@H]3[C@@H]4C[C@H]([C@H]5C(=O)N(c6cccc(C(F)(F)F)c6)C(=O)[C@H]45)[C@H]23)cc1. The number of alkyl halides is 3. The van der Waals surface area contributed by atoms with E-state index < -0.39 is 35.4 Å². The normalized spacial score (nSPS) is 31.4. The lowest BCUT2D eigenvalue weighted by Gasteiger charge is -2.43. The second-order valence-electron chi connectivity index (χ2n) is 10.3. The number of hydrogen-bond acceptors (Lipinski definition) is 6. The Morgan fingerprint density at radius 3 is 2.39 bits per heavy atom. The van der Waals surface area contributed by atoms with E-state index in [1.165, 1.54) is 23.5 Å². The number of aromatic nitrogens is 1. The van der Waals surface area contributed by atoms with Crippen molar-refractivity contribution in [3.05, 3.63) is 74.2 Å². The quantitative estimate of drug-likeness (QED) is 0.451. The van der Waals surface area contributed by atoms with Gasteiger partial charge in [0, 0.05) is 16.0 Å². The number of hydrogen-bond donors (Lipinski definition) is 1. The molecule has 0 radical (unpaired) electrons. The third-order valence-electron chi connectivity index (χ3n) is 8.63. The number of thiazole rings is 1. The van der Waals surface area contributed by atoms with Crippen LogP contribution in [0.15, 0.2) is 58.4 Å². The fraction of sp³-hybridized carbons (Fsp3) is 0.370. The number of aromatic amines is 1. The number of thioether (sulfide) groups is 1. The summed E-state index contributed by atoms with van der Waals surface area (Å²) >= 11 is 2.75. The van der Waals surface area contributed by atoms with Crippen molar-refractivity contribution in [2.45, 2.75) is 28.8 Å². The third-order valence-corrected chi connectivity index (χ3v) is 11.2. The summed E-state index contributed by atoms with van der Waals surface area (Å²) in [5.74, 6) is -1.63. The summed E-state index contributed by atoms with van der Waals surface area (Å²) < 4.78 is 45.4. The predicted molar refractivity (Wildman–Crippen MR) is 135 cm³/mol. The average molecular weight is 559 g/mol. The minimum Gasteiger partial charge on any atom is -0.497 e. The van der Waals surface area contributed by atoms with Gasteiger partial charge < -0.3 is 9.72 Å². The Bertz CT molecular complexity index is 1530. The number of amides is 2. The molecule has 6 nitrogen and oxygen atoms in total. The van der Waals surface area contributed by atoms with Gasteiger partial charge >= 0.3 is 11.0 Å². The van der Waals surface area contributed by atoms with E-state index in [-0.39, 0.29) is 39.5 Å². The van der Waals surface area contributed by atoms with Gasteiger partial charge in [-0.25, -0.2) is 0 Å². The Kier molecular flexibility index (Phi) is 5.20. The molecule has 0 unspecified atom stereocenters. The molecular formula is C27H21F3N2O4S2. The van der Waals surface area contributed by atoms with E-state index in [2.05, 4.69) is 4.98 Å². The highest BCUT2D eigenvalue weighted by molar-refractivity contribution is 8.00. The van der Waals surface area contributed by atoms with E-state index >= 15 is 0 Å². The number of rotatable bonds is 3. The van der Waals surface area contributed by atoms with Crippen molar-refractivity contribution in [2.75, 3.05) is 12.0 Å². The van der Waals surface area contributed by atoms with Crippen LogP contribution in [0.4, 0.5) is 18.9 Å². The predicted octanol–water partition coefficient (Wildman–Crippen LogP) is 5.14. The maximum absolute atomic E-state index is 13.7. The monoisotopic (exact) mass is 558 g/mol. The molecule has 2 bridgehead atoms. The molecule has 2 aromatic carbocycles. The van der Waals surface area contributed by atoms with Gasteiger partial charge in [0.1, 0.15) is 5.75 Å². The summed E-state index contributed by atoms with van der Waals surface area (Å²) in [6.45, 7) is 0. The van der Waals surface area contributed by atoms with Crippen LogP contribution < -0.4 is 14.5 Å². The number of nitrogens with zero attached hydrogens (tertiary/aromatic N) is 1. The number of halogens is 3. The van der Waals surface area contributed by atoms with Crippen molar-refractivity contribution in [2.24, 2.45) is 29.6 Å². The van der Waals surface area contributed by atoms with Crippen LogP contribution in [0.25, 0.3) is 0 Å². The summed E-state index contributed by atoms with van der Waals surface area (Å²) in [6.07, 6.45) is -3.88. The van der Waals surface area contributed by atoms with Gasteiger partial charge in [-0.15, -0.1) is 11.8 Å². The van der Waals surface area contributed by atoms with Gasteiger partial charge in [0.05, 0.1) is 35.2 Å². The Morgan fingerprint density at radius 1 is 1.00 bits per heavy atom. The highest BCUT2D eigenvalue weighted by Crippen LogP contribution is 2.68. The lowest BCUT2D eigenvalue weighted by molar-refractivity contribution is -0.137. The van der Waals surface area contributed by atoms with Crippen molar-refractivity contribution in [3.63, 3.8) is 0 Å². The van der Waals surface area contributed by atoms with Gasteiger partial charge in [-0.3, -0.25) is 19.3 Å². The number of H-pyrrole nitrogens is 1. The van der Waals surface area contributed by atoms with E-state index in [1.807, 2.05) is 24.3 Å². The van der Waals surface area contributed by atoms with Crippen LogP contribution in [0.3, 0.4) is 0 Å². The van der Waals surface area contributed by atoms with E-state index in [4.69, 9.17) is 4.74 Å². The van der Waals surface area contributed by atoms with E-state index in [9.17, 15) is 27.6 Å². The molecule has 11 heteroatoms. The molecule has 2 aliphatic heterocycles. The molecule has 4 aliphatic rings. The highest BCUT2D eigenvalue weighted by Gasteiger charge is 2.69. The fourth-order valence-electron chi connectivity index (χ4n) is 7.28. The van der Waals surface area contributed by atoms with Gasteiger partial charge in [-0.1, -0.05) is 29.5 Å². The summed E-state index contributed by atoms with van der Waals surface area (Å²) in [4.78, 5) is 44.5. The first-order chi connectivity index (χ1) is 18.2. The average Bonchev–Trinajstić information content (AvgIpc) is 3.62. The zero-order chi connectivity index (χ0) is 26.5. The Hall–Kier alpha value is -3.05. The molecule has 2 aliphatic carbocycles. The second kappa shape index (κ2) is 8.22. The molecule has 1 saturated heterocycles. The van der Waals surface area contributed by atoms with Crippen LogP contribution in [-0.2, 0) is 15.8 Å². The number of benzene rings is 2. The number of ether oxygens (including phenoxy) is 1. The minimum atomic E-state index is -4.58. The van der Waals surface area contributed by atoms with Gasteiger partial charge in [0.25, 0.3) is 0 Å². The smallest absolute Gasteiger partial charge is 0.416 e. The lowest BCUT2D eigenvalue weighted by atomic mass is 9.68. The fourth-order valence-corrected chi connectivity index (χ4v) is 10.2. The van der Waals surface area contributed by atoms with Crippen molar-refractivity contribution in [3.8, 4) is 5.75 Å². The maximum atomic E-state index is 13.7. The molecule has 3 fully saturated rings. The van der Waals surface area contributed by atoms with Gasteiger partial charge in [-0.2, -0.15) is 13.2 Å². The van der Waals surface area contributed by atoms with Crippen LogP contribution in [0, 0.1) is 29.6 Å².